The Bertz CT molecular complexity index is 1130. The van der Waals surface area contributed by atoms with Crippen molar-refractivity contribution in [3.05, 3.63) is 29.9 Å². The van der Waals surface area contributed by atoms with E-state index in [1.54, 1.807) is 7.11 Å². The molecule has 0 aromatic carbocycles. The maximum Gasteiger partial charge on any atom is 0.407 e. The Morgan fingerprint density at radius 2 is 2.00 bits per heavy atom. The van der Waals surface area contributed by atoms with Crippen LogP contribution in [0.4, 0.5) is 16.6 Å². The lowest BCUT2D eigenvalue weighted by atomic mass is 10.1. The van der Waals surface area contributed by atoms with Crippen LogP contribution < -0.4 is 15.0 Å². The van der Waals surface area contributed by atoms with E-state index in [-0.39, 0.29) is 6.04 Å². The molecule has 5 rings (SSSR count). The van der Waals surface area contributed by atoms with Gasteiger partial charge in [0.1, 0.15) is 11.4 Å². The summed E-state index contributed by atoms with van der Waals surface area (Å²) in [4.78, 5) is 29.4. The SMILES string of the molecule is COc1nc(N2CCOCC2)nc(NC2CCCN(C(=O)O)C2)c1-c1csc(-n2cccc2)n1. The first-order valence-electron chi connectivity index (χ1n) is 11.2. The van der Waals surface area contributed by atoms with Crippen LogP contribution >= 0.6 is 11.3 Å². The summed E-state index contributed by atoms with van der Waals surface area (Å²) in [6.45, 7) is 3.52. The highest BCUT2D eigenvalue weighted by Crippen LogP contribution is 2.38. The van der Waals surface area contributed by atoms with Crippen molar-refractivity contribution in [2.75, 3.05) is 56.7 Å². The highest BCUT2D eigenvalue weighted by Gasteiger charge is 2.28. The molecule has 2 saturated heterocycles. The predicted molar refractivity (Wildman–Crippen MR) is 128 cm³/mol. The van der Waals surface area contributed by atoms with Gasteiger partial charge in [0.05, 0.1) is 26.0 Å². The van der Waals surface area contributed by atoms with Crippen LogP contribution in [-0.4, -0.2) is 88.2 Å². The van der Waals surface area contributed by atoms with Crippen LogP contribution in [0.5, 0.6) is 5.88 Å². The van der Waals surface area contributed by atoms with E-state index in [4.69, 9.17) is 24.4 Å². The molecule has 1 unspecified atom stereocenters. The van der Waals surface area contributed by atoms with Gasteiger partial charge in [-0.2, -0.15) is 9.97 Å². The number of carboxylic acid groups (broad SMARTS) is 1. The number of aromatic nitrogens is 4. The minimum Gasteiger partial charge on any atom is -0.480 e. The summed E-state index contributed by atoms with van der Waals surface area (Å²) in [6.07, 6.45) is 4.61. The third kappa shape index (κ3) is 4.64. The zero-order valence-electron chi connectivity index (χ0n) is 18.9. The number of methoxy groups -OCH3 is 1. The number of hydrogen-bond donors (Lipinski definition) is 2. The van der Waals surface area contributed by atoms with E-state index in [2.05, 4.69) is 10.2 Å². The van der Waals surface area contributed by atoms with Gasteiger partial charge in [0, 0.05) is 50.0 Å². The number of carbonyl (C=O) groups is 1. The van der Waals surface area contributed by atoms with E-state index in [9.17, 15) is 9.90 Å². The lowest BCUT2D eigenvalue weighted by Gasteiger charge is -2.32. The molecule has 2 aliphatic heterocycles. The highest BCUT2D eigenvalue weighted by atomic mass is 32.1. The molecular formula is C22H27N7O4S. The van der Waals surface area contributed by atoms with Crippen LogP contribution in [0.1, 0.15) is 12.8 Å². The Morgan fingerprint density at radius 1 is 1.21 bits per heavy atom. The lowest BCUT2D eigenvalue weighted by Crippen LogP contribution is -2.44. The zero-order chi connectivity index (χ0) is 23.5. The fraction of sp³-hybridized carbons (Fsp3) is 0.455. The molecule has 11 nitrogen and oxygen atoms in total. The molecule has 2 N–H and O–H groups in total. The van der Waals surface area contributed by atoms with E-state index < -0.39 is 6.09 Å². The van der Waals surface area contributed by atoms with E-state index in [0.717, 1.165) is 18.0 Å². The largest absolute Gasteiger partial charge is 0.480 e. The number of morpholine rings is 1. The van der Waals surface area contributed by atoms with Crippen molar-refractivity contribution in [3.8, 4) is 22.3 Å². The third-order valence-corrected chi connectivity index (χ3v) is 6.81. The number of anilines is 2. The quantitative estimate of drug-likeness (QED) is 0.543. The fourth-order valence-corrected chi connectivity index (χ4v) is 5.02. The number of piperidine rings is 1. The molecule has 180 valence electrons. The zero-order valence-corrected chi connectivity index (χ0v) is 19.7. The number of hydrogen-bond acceptors (Lipinski definition) is 9. The molecule has 2 aliphatic rings. The second-order valence-corrected chi connectivity index (χ2v) is 9.01. The van der Waals surface area contributed by atoms with Crippen LogP contribution in [0, 0.1) is 0 Å². The first-order chi connectivity index (χ1) is 16.6. The van der Waals surface area contributed by atoms with Crippen molar-refractivity contribution < 1.29 is 19.4 Å². The Morgan fingerprint density at radius 3 is 2.74 bits per heavy atom. The van der Waals surface area contributed by atoms with Gasteiger partial charge in [0.25, 0.3) is 0 Å². The molecule has 12 heteroatoms. The summed E-state index contributed by atoms with van der Waals surface area (Å²) in [7, 11) is 1.59. The fourth-order valence-electron chi connectivity index (χ4n) is 4.24. The molecule has 5 heterocycles. The van der Waals surface area contributed by atoms with Crippen LogP contribution in [0.2, 0.25) is 0 Å². The number of nitrogens with zero attached hydrogens (tertiary/aromatic N) is 6. The second-order valence-electron chi connectivity index (χ2n) is 8.17. The van der Waals surface area contributed by atoms with E-state index in [1.165, 1.54) is 16.2 Å². The maximum atomic E-state index is 11.5. The van der Waals surface area contributed by atoms with Crippen molar-refractivity contribution in [1.29, 1.82) is 0 Å². The van der Waals surface area contributed by atoms with Gasteiger partial charge in [-0.25, -0.2) is 9.78 Å². The summed E-state index contributed by atoms with van der Waals surface area (Å²) in [5, 5.41) is 15.7. The minimum absolute atomic E-state index is 0.0803. The molecule has 2 fully saturated rings. The summed E-state index contributed by atoms with van der Waals surface area (Å²) in [5.74, 6) is 1.57. The summed E-state index contributed by atoms with van der Waals surface area (Å²) >= 11 is 1.51. The van der Waals surface area contributed by atoms with Crippen LogP contribution in [0.3, 0.4) is 0 Å². The predicted octanol–water partition coefficient (Wildman–Crippen LogP) is 2.79. The topological polar surface area (TPSA) is 118 Å². The average molecular weight is 486 g/mol. The number of likely N-dealkylation sites (tertiary alicyclic amines) is 1. The van der Waals surface area contributed by atoms with Crippen molar-refractivity contribution in [2.45, 2.75) is 18.9 Å². The second kappa shape index (κ2) is 9.85. The van der Waals surface area contributed by atoms with Gasteiger partial charge in [-0.1, -0.05) is 0 Å². The first kappa shape index (κ1) is 22.4. The van der Waals surface area contributed by atoms with Crippen molar-refractivity contribution in [3.63, 3.8) is 0 Å². The molecule has 3 aromatic rings. The average Bonchev–Trinajstić information content (AvgIpc) is 3.56. The third-order valence-electron chi connectivity index (χ3n) is 5.96. The number of nitrogens with one attached hydrogen (secondary N) is 1. The summed E-state index contributed by atoms with van der Waals surface area (Å²) in [5.41, 5.74) is 1.37. The molecule has 0 aliphatic carbocycles. The van der Waals surface area contributed by atoms with Crippen LogP contribution in [0.25, 0.3) is 16.4 Å². The number of thiazole rings is 1. The van der Waals surface area contributed by atoms with Gasteiger partial charge in [-0.15, -0.1) is 11.3 Å². The summed E-state index contributed by atoms with van der Waals surface area (Å²) < 4.78 is 13.2. The van der Waals surface area contributed by atoms with Crippen LogP contribution in [-0.2, 0) is 4.74 Å². The highest BCUT2D eigenvalue weighted by molar-refractivity contribution is 7.12. The van der Waals surface area contributed by atoms with Gasteiger partial charge in [-0.3, -0.25) is 0 Å². The number of rotatable bonds is 6. The van der Waals surface area contributed by atoms with Gasteiger partial charge in [0.2, 0.25) is 11.8 Å². The van der Waals surface area contributed by atoms with Gasteiger partial charge in [0.15, 0.2) is 5.13 Å². The van der Waals surface area contributed by atoms with Crippen molar-refractivity contribution >= 4 is 29.2 Å². The standard InChI is InChI=1S/C22H27N7O4S/c1-32-19-17(16-14-34-21(24-16)28-6-2-3-7-28)18(23-15-5-4-8-29(13-15)22(30)31)25-20(26-19)27-9-11-33-12-10-27/h2-3,6-7,14-15H,4-5,8-13H2,1H3,(H,30,31)(H,23,25,26). The van der Waals surface area contributed by atoms with Gasteiger partial charge < -0.3 is 34.3 Å². The number of ether oxygens (including phenoxy) is 2. The molecule has 0 bridgehead atoms. The van der Waals surface area contributed by atoms with Crippen molar-refractivity contribution in [2.24, 2.45) is 0 Å². The van der Waals surface area contributed by atoms with E-state index in [1.807, 2.05) is 34.5 Å². The molecule has 0 saturated carbocycles. The first-order valence-corrected chi connectivity index (χ1v) is 12.1. The smallest absolute Gasteiger partial charge is 0.407 e. The molecule has 3 aromatic heterocycles. The molecule has 0 radical (unpaired) electrons. The van der Waals surface area contributed by atoms with Crippen molar-refractivity contribution in [1.82, 2.24) is 24.4 Å². The van der Waals surface area contributed by atoms with E-state index >= 15 is 0 Å². The van der Waals surface area contributed by atoms with Gasteiger partial charge in [-0.05, 0) is 25.0 Å². The maximum absolute atomic E-state index is 11.5. The normalized spacial score (nSPS) is 18.7. The number of amides is 1. The minimum atomic E-state index is -0.906. The Kier molecular flexibility index (Phi) is 6.50. The molecule has 1 amide bonds. The monoisotopic (exact) mass is 485 g/mol. The molecule has 0 spiro atoms. The van der Waals surface area contributed by atoms with Gasteiger partial charge >= 0.3 is 6.09 Å². The van der Waals surface area contributed by atoms with E-state index in [0.29, 0.717) is 68.3 Å². The molecule has 34 heavy (non-hydrogen) atoms. The Balaban J connectivity index is 1.54. The summed E-state index contributed by atoms with van der Waals surface area (Å²) in [6, 6.07) is 3.82. The lowest BCUT2D eigenvalue weighted by molar-refractivity contribution is 0.122. The molecular weight excluding hydrogens is 458 g/mol. The Labute approximate surface area is 201 Å². The Hall–Kier alpha value is -3.38. The van der Waals surface area contributed by atoms with Crippen LogP contribution in [0.15, 0.2) is 29.9 Å². The molecule has 1 atom stereocenters.